The molecule has 0 aromatic heterocycles. The second kappa shape index (κ2) is 7.66. The van der Waals surface area contributed by atoms with Gasteiger partial charge in [0.05, 0.1) is 5.92 Å². The van der Waals surface area contributed by atoms with E-state index < -0.39 is 11.9 Å². The number of carbonyl (C=O) groups excluding carboxylic acids is 1. The molecule has 2 amide bonds. The third kappa shape index (κ3) is 5.56. The number of carboxylic acid groups (broad SMARTS) is 1. The van der Waals surface area contributed by atoms with E-state index >= 15 is 0 Å². The van der Waals surface area contributed by atoms with Gasteiger partial charge in [0.25, 0.3) is 0 Å². The smallest absolute Gasteiger partial charge is 0.317 e. The summed E-state index contributed by atoms with van der Waals surface area (Å²) in [7, 11) is 1.65. The van der Waals surface area contributed by atoms with Crippen molar-refractivity contribution < 1.29 is 14.7 Å². The fourth-order valence-corrected chi connectivity index (χ4v) is 3.41. The van der Waals surface area contributed by atoms with Crippen molar-refractivity contribution in [3.8, 4) is 0 Å². The predicted octanol–water partition coefficient (Wildman–Crippen LogP) is 2.96. The fraction of sp³-hybridized carbons (Fsp3) is 0.875. The first-order valence-electron chi connectivity index (χ1n) is 7.97. The standard InChI is InChI=1S/C16H30N2O3/c1-12(2)9-16(7-5-6-8-16)11-17-15(21)18(4)10-13(3)14(19)20/h12-13H,5-11H2,1-4H3,(H,17,21)(H,19,20). The van der Waals surface area contributed by atoms with Gasteiger partial charge in [-0.1, -0.05) is 33.6 Å². The zero-order valence-electron chi connectivity index (χ0n) is 13.8. The fourth-order valence-electron chi connectivity index (χ4n) is 3.41. The van der Waals surface area contributed by atoms with E-state index in [4.69, 9.17) is 5.11 Å². The van der Waals surface area contributed by atoms with Crippen LogP contribution in [0, 0.1) is 17.3 Å². The van der Waals surface area contributed by atoms with E-state index in [9.17, 15) is 9.59 Å². The average Bonchev–Trinajstić information content (AvgIpc) is 2.83. The lowest BCUT2D eigenvalue weighted by Gasteiger charge is -2.32. The first-order valence-corrected chi connectivity index (χ1v) is 7.97. The van der Waals surface area contributed by atoms with Crippen LogP contribution in [-0.2, 0) is 4.79 Å². The molecular weight excluding hydrogens is 268 g/mol. The lowest BCUT2D eigenvalue weighted by Crippen LogP contribution is -2.45. The molecule has 0 aliphatic heterocycles. The molecule has 1 aliphatic carbocycles. The Bertz CT molecular complexity index is 363. The maximum absolute atomic E-state index is 12.1. The van der Waals surface area contributed by atoms with Crippen molar-refractivity contribution in [2.45, 2.75) is 52.9 Å². The van der Waals surface area contributed by atoms with Gasteiger partial charge in [-0.3, -0.25) is 4.79 Å². The molecule has 0 heterocycles. The van der Waals surface area contributed by atoms with Crippen LogP contribution in [-0.4, -0.2) is 42.1 Å². The predicted molar refractivity (Wildman–Crippen MR) is 83.2 cm³/mol. The Morgan fingerprint density at radius 1 is 1.24 bits per heavy atom. The van der Waals surface area contributed by atoms with E-state index in [1.54, 1.807) is 14.0 Å². The summed E-state index contributed by atoms with van der Waals surface area (Å²) in [4.78, 5) is 24.4. The molecule has 5 heteroatoms. The monoisotopic (exact) mass is 298 g/mol. The molecule has 0 bridgehead atoms. The summed E-state index contributed by atoms with van der Waals surface area (Å²) in [6.07, 6.45) is 5.99. The SMILES string of the molecule is CC(C)CC1(CNC(=O)N(C)CC(C)C(=O)O)CCCC1. The average molecular weight is 298 g/mol. The number of carboxylic acids is 1. The van der Waals surface area contributed by atoms with Gasteiger partial charge in [-0.05, 0) is 30.6 Å². The van der Waals surface area contributed by atoms with E-state index in [1.165, 1.54) is 30.6 Å². The maximum Gasteiger partial charge on any atom is 0.317 e. The van der Waals surface area contributed by atoms with Crippen molar-refractivity contribution in [2.75, 3.05) is 20.1 Å². The highest BCUT2D eigenvalue weighted by atomic mass is 16.4. The van der Waals surface area contributed by atoms with Crippen LogP contribution in [0.25, 0.3) is 0 Å². The summed E-state index contributed by atoms with van der Waals surface area (Å²) in [5.74, 6) is -0.789. The molecule has 0 spiro atoms. The molecule has 5 nitrogen and oxygen atoms in total. The van der Waals surface area contributed by atoms with Gasteiger partial charge in [0, 0.05) is 20.1 Å². The van der Waals surface area contributed by atoms with Crippen LogP contribution >= 0.6 is 0 Å². The molecule has 0 saturated heterocycles. The summed E-state index contributed by atoms with van der Waals surface area (Å²) in [5.41, 5.74) is 0.239. The first-order chi connectivity index (χ1) is 9.76. The molecule has 0 aromatic rings. The van der Waals surface area contributed by atoms with Gasteiger partial charge in [-0.15, -0.1) is 0 Å². The summed E-state index contributed by atoms with van der Waals surface area (Å²) in [5, 5.41) is 11.9. The zero-order chi connectivity index (χ0) is 16.0. The van der Waals surface area contributed by atoms with Crippen molar-refractivity contribution in [3.63, 3.8) is 0 Å². The molecule has 1 aliphatic rings. The number of carbonyl (C=O) groups is 2. The molecule has 1 saturated carbocycles. The number of amides is 2. The lowest BCUT2D eigenvalue weighted by molar-refractivity contribution is -0.141. The van der Waals surface area contributed by atoms with Crippen LogP contribution in [0.2, 0.25) is 0 Å². The van der Waals surface area contributed by atoms with Crippen LogP contribution in [0.4, 0.5) is 4.79 Å². The Morgan fingerprint density at radius 2 is 1.81 bits per heavy atom. The van der Waals surface area contributed by atoms with Gasteiger partial charge in [-0.2, -0.15) is 0 Å². The Labute approximate surface area is 128 Å². The van der Waals surface area contributed by atoms with Crippen LogP contribution in [0.1, 0.15) is 52.9 Å². The highest BCUT2D eigenvalue weighted by molar-refractivity contribution is 5.75. The minimum absolute atomic E-state index is 0.168. The highest BCUT2D eigenvalue weighted by Gasteiger charge is 2.34. The van der Waals surface area contributed by atoms with Crippen molar-refractivity contribution in [1.82, 2.24) is 10.2 Å². The minimum atomic E-state index is -0.873. The van der Waals surface area contributed by atoms with Crippen LogP contribution in [0.3, 0.4) is 0 Å². The number of aliphatic carboxylic acids is 1. The number of urea groups is 1. The molecule has 122 valence electrons. The molecule has 0 aromatic carbocycles. The highest BCUT2D eigenvalue weighted by Crippen LogP contribution is 2.42. The van der Waals surface area contributed by atoms with Crippen LogP contribution < -0.4 is 5.32 Å². The van der Waals surface area contributed by atoms with Crippen molar-refractivity contribution in [2.24, 2.45) is 17.3 Å². The Morgan fingerprint density at radius 3 is 2.29 bits per heavy atom. The quantitative estimate of drug-likeness (QED) is 0.759. The van der Waals surface area contributed by atoms with Gasteiger partial charge >= 0.3 is 12.0 Å². The summed E-state index contributed by atoms with van der Waals surface area (Å²) >= 11 is 0. The Balaban J connectivity index is 2.48. The van der Waals surface area contributed by atoms with Gasteiger partial charge < -0.3 is 15.3 Å². The van der Waals surface area contributed by atoms with Gasteiger partial charge in [0.15, 0.2) is 0 Å². The first kappa shape index (κ1) is 17.8. The number of rotatable bonds is 7. The number of hydrogen-bond donors (Lipinski definition) is 2. The molecule has 1 atom stereocenters. The summed E-state index contributed by atoms with van der Waals surface area (Å²) in [6, 6.07) is -0.168. The summed E-state index contributed by atoms with van der Waals surface area (Å²) in [6.45, 7) is 7.00. The summed E-state index contributed by atoms with van der Waals surface area (Å²) < 4.78 is 0. The maximum atomic E-state index is 12.1. The van der Waals surface area contributed by atoms with E-state index in [1.807, 2.05) is 0 Å². The lowest BCUT2D eigenvalue weighted by atomic mass is 9.78. The van der Waals surface area contributed by atoms with Crippen molar-refractivity contribution >= 4 is 12.0 Å². The third-order valence-electron chi connectivity index (χ3n) is 4.44. The van der Waals surface area contributed by atoms with E-state index in [0.717, 1.165) is 6.42 Å². The zero-order valence-corrected chi connectivity index (χ0v) is 13.8. The third-order valence-corrected chi connectivity index (χ3v) is 4.44. The second-order valence-electron chi connectivity index (χ2n) is 7.08. The molecule has 1 fully saturated rings. The molecule has 0 radical (unpaired) electrons. The molecule has 21 heavy (non-hydrogen) atoms. The molecule has 1 unspecified atom stereocenters. The van der Waals surface area contributed by atoms with Crippen molar-refractivity contribution in [3.05, 3.63) is 0 Å². The Kier molecular flexibility index (Phi) is 6.49. The van der Waals surface area contributed by atoms with E-state index in [2.05, 4.69) is 19.2 Å². The number of nitrogens with one attached hydrogen (secondary N) is 1. The molecular formula is C16H30N2O3. The minimum Gasteiger partial charge on any atom is -0.481 e. The van der Waals surface area contributed by atoms with Crippen molar-refractivity contribution in [1.29, 1.82) is 0 Å². The number of nitrogens with zero attached hydrogens (tertiary/aromatic N) is 1. The van der Waals surface area contributed by atoms with Gasteiger partial charge in [-0.25, -0.2) is 4.79 Å². The van der Waals surface area contributed by atoms with Gasteiger partial charge in [0.2, 0.25) is 0 Å². The van der Waals surface area contributed by atoms with E-state index in [0.29, 0.717) is 12.5 Å². The van der Waals surface area contributed by atoms with Gasteiger partial charge in [0.1, 0.15) is 0 Å². The van der Waals surface area contributed by atoms with Crippen LogP contribution in [0.15, 0.2) is 0 Å². The molecule has 2 N–H and O–H groups in total. The topological polar surface area (TPSA) is 69.6 Å². The number of hydrogen-bond acceptors (Lipinski definition) is 2. The second-order valence-corrected chi connectivity index (χ2v) is 7.08. The largest absolute Gasteiger partial charge is 0.481 e. The van der Waals surface area contributed by atoms with Crippen LogP contribution in [0.5, 0.6) is 0 Å². The Hall–Kier alpha value is -1.26. The normalized spacial score (nSPS) is 18.5. The molecule has 1 rings (SSSR count). The van der Waals surface area contributed by atoms with E-state index in [-0.39, 0.29) is 18.0 Å².